The lowest BCUT2D eigenvalue weighted by atomic mass is 10.1. The molecule has 1 aromatic carbocycles. The van der Waals surface area contributed by atoms with Crippen LogP contribution < -0.4 is 5.32 Å². The molecule has 21 heavy (non-hydrogen) atoms. The maximum atomic E-state index is 13.1. The van der Waals surface area contributed by atoms with Crippen molar-refractivity contribution in [2.75, 3.05) is 0 Å². The van der Waals surface area contributed by atoms with Crippen molar-refractivity contribution in [1.82, 2.24) is 15.3 Å². The summed E-state index contributed by atoms with van der Waals surface area (Å²) in [4.78, 5) is 9.07. The summed E-state index contributed by atoms with van der Waals surface area (Å²) in [6.45, 7) is 4.73. The van der Waals surface area contributed by atoms with Gasteiger partial charge in [-0.1, -0.05) is 11.6 Å². The molecule has 110 valence electrons. The van der Waals surface area contributed by atoms with Crippen LogP contribution in [0.25, 0.3) is 11.4 Å². The molecule has 3 rings (SSSR count). The zero-order valence-electron chi connectivity index (χ0n) is 12.1. The number of nitrogens with zero attached hydrogens (tertiary/aromatic N) is 2. The molecule has 1 heterocycles. The highest BCUT2D eigenvalue weighted by Crippen LogP contribution is 2.27. The predicted octanol–water partition coefficient (Wildman–Crippen LogP) is 3.80. The van der Waals surface area contributed by atoms with Crippen LogP contribution >= 0.6 is 11.6 Å². The third kappa shape index (κ3) is 3.22. The van der Waals surface area contributed by atoms with Gasteiger partial charge in [-0.3, -0.25) is 0 Å². The standard InChI is InChI=1S/C16H17ClFN3/c1-9-14(8-19-12-4-5-12)10(2)21-16(20-9)13-6-3-11(18)7-15(13)17/h3,6-7,12,19H,4-5,8H2,1-2H3. The van der Waals surface area contributed by atoms with Crippen molar-refractivity contribution in [2.24, 2.45) is 0 Å². The van der Waals surface area contributed by atoms with Crippen molar-refractivity contribution in [3.8, 4) is 11.4 Å². The topological polar surface area (TPSA) is 37.8 Å². The van der Waals surface area contributed by atoms with Crippen LogP contribution in [0, 0.1) is 19.7 Å². The number of hydrogen-bond donors (Lipinski definition) is 1. The molecule has 1 saturated carbocycles. The van der Waals surface area contributed by atoms with E-state index in [1.54, 1.807) is 6.07 Å². The van der Waals surface area contributed by atoms with Crippen LogP contribution in [0.15, 0.2) is 18.2 Å². The molecule has 0 radical (unpaired) electrons. The van der Waals surface area contributed by atoms with E-state index in [1.807, 2.05) is 13.8 Å². The number of aryl methyl sites for hydroxylation is 2. The Kier molecular flexibility index (Phi) is 3.91. The van der Waals surface area contributed by atoms with Crippen LogP contribution in [0.5, 0.6) is 0 Å². The summed E-state index contributed by atoms with van der Waals surface area (Å²) >= 11 is 6.09. The minimum atomic E-state index is -0.359. The highest BCUT2D eigenvalue weighted by atomic mass is 35.5. The van der Waals surface area contributed by atoms with Crippen LogP contribution in [0.3, 0.4) is 0 Å². The Morgan fingerprint density at radius 2 is 1.90 bits per heavy atom. The van der Waals surface area contributed by atoms with Gasteiger partial charge in [0, 0.05) is 35.1 Å². The molecule has 1 aliphatic carbocycles. The van der Waals surface area contributed by atoms with Gasteiger partial charge in [-0.15, -0.1) is 0 Å². The molecule has 0 unspecified atom stereocenters. The smallest absolute Gasteiger partial charge is 0.161 e. The average Bonchev–Trinajstić information content (AvgIpc) is 3.21. The van der Waals surface area contributed by atoms with Crippen molar-refractivity contribution >= 4 is 11.6 Å². The van der Waals surface area contributed by atoms with Gasteiger partial charge in [-0.2, -0.15) is 0 Å². The predicted molar refractivity (Wildman–Crippen MR) is 81.8 cm³/mol. The van der Waals surface area contributed by atoms with Gasteiger partial charge in [0.1, 0.15) is 5.82 Å². The summed E-state index contributed by atoms with van der Waals surface area (Å²) in [5, 5.41) is 3.81. The quantitative estimate of drug-likeness (QED) is 0.933. The Morgan fingerprint density at radius 3 is 2.48 bits per heavy atom. The van der Waals surface area contributed by atoms with Gasteiger partial charge >= 0.3 is 0 Å². The molecule has 2 aromatic rings. The molecule has 0 bridgehead atoms. The normalized spacial score (nSPS) is 14.5. The van der Waals surface area contributed by atoms with E-state index in [0.717, 1.165) is 23.5 Å². The zero-order valence-corrected chi connectivity index (χ0v) is 12.8. The Labute approximate surface area is 128 Å². The van der Waals surface area contributed by atoms with Gasteiger partial charge in [0.15, 0.2) is 5.82 Å². The van der Waals surface area contributed by atoms with Gasteiger partial charge in [0.2, 0.25) is 0 Å². The fourth-order valence-electron chi connectivity index (χ4n) is 2.32. The molecule has 0 amide bonds. The maximum absolute atomic E-state index is 13.1. The second-order valence-corrected chi connectivity index (χ2v) is 5.88. The highest BCUT2D eigenvalue weighted by Gasteiger charge is 2.21. The molecule has 0 atom stereocenters. The van der Waals surface area contributed by atoms with Crippen molar-refractivity contribution in [1.29, 1.82) is 0 Å². The molecular formula is C16H17ClFN3. The molecule has 1 fully saturated rings. The first kappa shape index (κ1) is 14.4. The summed E-state index contributed by atoms with van der Waals surface area (Å²) in [5.74, 6) is 0.188. The second-order valence-electron chi connectivity index (χ2n) is 5.48. The maximum Gasteiger partial charge on any atom is 0.161 e. The third-order valence-electron chi connectivity index (χ3n) is 3.74. The van der Waals surface area contributed by atoms with Crippen molar-refractivity contribution in [2.45, 2.75) is 39.3 Å². The number of hydrogen-bond acceptors (Lipinski definition) is 3. The van der Waals surface area contributed by atoms with Gasteiger partial charge in [0.05, 0.1) is 5.02 Å². The molecule has 3 nitrogen and oxygen atoms in total. The Morgan fingerprint density at radius 1 is 1.24 bits per heavy atom. The summed E-state index contributed by atoms with van der Waals surface area (Å²) in [5.41, 5.74) is 3.66. The van der Waals surface area contributed by atoms with E-state index >= 15 is 0 Å². The SMILES string of the molecule is Cc1nc(-c2ccc(F)cc2Cl)nc(C)c1CNC1CC1. The Hall–Kier alpha value is -1.52. The number of benzene rings is 1. The summed E-state index contributed by atoms with van der Waals surface area (Å²) in [6.07, 6.45) is 2.50. The van der Waals surface area contributed by atoms with Crippen molar-refractivity contribution in [3.05, 3.63) is 46.0 Å². The second kappa shape index (κ2) is 5.70. The minimum Gasteiger partial charge on any atom is -0.310 e. The van der Waals surface area contributed by atoms with Gasteiger partial charge in [-0.05, 0) is 44.9 Å². The number of halogens is 2. The fraction of sp³-hybridized carbons (Fsp3) is 0.375. The highest BCUT2D eigenvalue weighted by molar-refractivity contribution is 6.33. The van der Waals surface area contributed by atoms with Gasteiger partial charge in [0.25, 0.3) is 0 Å². The number of rotatable bonds is 4. The third-order valence-corrected chi connectivity index (χ3v) is 4.05. The molecule has 1 aliphatic rings. The molecule has 0 aliphatic heterocycles. The van der Waals surface area contributed by atoms with Gasteiger partial charge in [-0.25, -0.2) is 14.4 Å². The summed E-state index contributed by atoms with van der Waals surface area (Å²) in [6, 6.07) is 4.93. The van der Waals surface area contributed by atoms with Crippen molar-refractivity contribution < 1.29 is 4.39 Å². The Balaban J connectivity index is 1.92. The van der Waals surface area contributed by atoms with Crippen molar-refractivity contribution in [3.63, 3.8) is 0 Å². The fourth-order valence-corrected chi connectivity index (χ4v) is 2.57. The van der Waals surface area contributed by atoms with Crippen LogP contribution in [-0.4, -0.2) is 16.0 Å². The van der Waals surface area contributed by atoms with E-state index in [-0.39, 0.29) is 5.82 Å². The lowest BCUT2D eigenvalue weighted by molar-refractivity contribution is 0.628. The zero-order chi connectivity index (χ0) is 15.0. The molecule has 0 spiro atoms. The molecule has 0 saturated heterocycles. The van der Waals surface area contributed by atoms with Crippen LogP contribution in [-0.2, 0) is 6.54 Å². The lowest BCUT2D eigenvalue weighted by Gasteiger charge is -2.12. The molecule has 1 aromatic heterocycles. The Bertz CT molecular complexity index is 660. The first-order valence-electron chi connectivity index (χ1n) is 7.07. The van der Waals surface area contributed by atoms with Crippen LogP contribution in [0.4, 0.5) is 4.39 Å². The van der Waals surface area contributed by atoms with E-state index in [4.69, 9.17) is 11.6 Å². The largest absolute Gasteiger partial charge is 0.310 e. The first-order chi connectivity index (χ1) is 10.0. The lowest BCUT2D eigenvalue weighted by Crippen LogP contribution is -2.18. The number of aromatic nitrogens is 2. The van der Waals surface area contributed by atoms with Crippen LogP contribution in [0.2, 0.25) is 5.02 Å². The van der Waals surface area contributed by atoms with Gasteiger partial charge < -0.3 is 5.32 Å². The monoisotopic (exact) mass is 305 g/mol. The van der Waals surface area contributed by atoms with E-state index < -0.39 is 0 Å². The van der Waals surface area contributed by atoms with E-state index in [1.165, 1.54) is 25.0 Å². The van der Waals surface area contributed by atoms with Crippen LogP contribution in [0.1, 0.15) is 29.8 Å². The van der Waals surface area contributed by atoms with E-state index in [0.29, 0.717) is 22.5 Å². The summed E-state index contributed by atoms with van der Waals surface area (Å²) < 4.78 is 13.1. The van der Waals surface area contributed by atoms with E-state index in [2.05, 4.69) is 15.3 Å². The molecule has 5 heteroatoms. The minimum absolute atomic E-state index is 0.331. The first-order valence-corrected chi connectivity index (χ1v) is 7.45. The number of nitrogens with one attached hydrogen (secondary N) is 1. The summed E-state index contributed by atoms with van der Waals surface area (Å²) in [7, 11) is 0. The average molecular weight is 306 g/mol. The molecular weight excluding hydrogens is 289 g/mol. The molecule has 1 N–H and O–H groups in total. The van der Waals surface area contributed by atoms with E-state index in [9.17, 15) is 4.39 Å².